The van der Waals surface area contributed by atoms with Crippen molar-refractivity contribution in [2.24, 2.45) is 16.5 Å². The standard InChI is InChI=1S/C11H17N3O.HI/c1-8-4-3-5-10(6-8)15-9(2)7-14-11(12)13;/h3-6,9H,7H2,1-2H3,(H4,12,13,14);1H. The summed E-state index contributed by atoms with van der Waals surface area (Å²) < 4.78 is 5.63. The Hall–Kier alpha value is -0.980. The summed E-state index contributed by atoms with van der Waals surface area (Å²) in [4.78, 5) is 3.89. The van der Waals surface area contributed by atoms with Crippen LogP contribution in [0.5, 0.6) is 5.75 Å². The maximum absolute atomic E-state index is 5.63. The molecule has 0 bridgehead atoms. The van der Waals surface area contributed by atoms with Gasteiger partial charge in [0.05, 0.1) is 6.54 Å². The number of benzene rings is 1. The lowest BCUT2D eigenvalue weighted by Crippen LogP contribution is -2.26. The first-order valence-electron chi connectivity index (χ1n) is 4.86. The molecule has 1 rings (SSSR count). The summed E-state index contributed by atoms with van der Waals surface area (Å²) in [6.07, 6.45) is -0.0334. The Labute approximate surface area is 113 Å². The molecule has 1 atom stereocenters. The molecule has 1 unspecified atom stereocenters. The van der Waals surface area contributed by atoms with Gasteiger partial charge < -0.3 is 16.2 Å². The largest absolute Gasteiger partial charge is 0.489 e. The van der Waals surface area contributed by atoms with Crippen molar-refractivity contribution in [1.82, 2.24) is 0 Å². The molecule has 0 amide bonds. The fourth-order valence-corrected chi connectivity index (χ4v) is 1.19. The van der Waals surface area contributed by atoms with Crippen LogP contribution in [0.2, 0.25) is 0 Å². The van der Waals surface area contributed by atoms with Gasteiger partial charge in [0.2, 0.25) is 0 Å². The summed E-state index contributed by atoms with van der Waals surface area (Å²) in [7, 11) is 0. The third kappa shape index (κ3) is 5.79. The molecule has 0 saturated carbocycles. The second kappa shape index (κ2) is 7.32. The van der Waals surface area contributed by atoms with Crippen molar-refractivity contribution in [2.75, 3.05) is 6.54 Å². The zero-order valence-corrected chi connectivity index (χ0v) is 11.8. The molecule has 0 saturated heterocycles. The van der Waals surface area contributed by atoms with E-state index >= 15 is 0 Å². The van der Waals surface area contributed by atoms with Crippen LogP contribution in [0.4, 0.5) is 0 Å². The summed E-state index contributed by atoms with van der Waals surface area (Å²) in [5, 5.41) is 0. The maximum Gasteiger partial charge on any atom is 0.186 e. The molecule has 1 aromatic rings. The molecule has 4 nitrogen and oxygen atoms in total. The molecule has 0 spiro atoms. The Morgan fingerprint density at radius 1 is 1.44 bits per heavy atom. The molecule has 16 heavy (non-hydrogen) atoms. The number of nitrogens with two attached hydrogens (primary N) is 2. The maximum atomic E-state index is 5.63. The fourth-order valence-electron chi connectivity index (χ4n) is 1.19. The van der Waals surface area contributed by atoms with E-state index in [1.54, 1.807) is 0 Å². The van der Waals surface area contributed by atoms with Crippen LogP contribution in [-0.2, 0) is 0 Å². The lowest BCUT2D eigenvalue weighted by Gasteiger charge is -2.12. The number of hydrogen-bond acceptors (Lipinski definition) is 2. The third-order valence-electron chi connectivity index (χ3n) is 1.86. The molecule has 0 fully saturated rings. The fraction of sp³-hybridized carbons (Fsp3) is 0.364. The van der Waals surface area contributed by atoms with Gasteiger partial charge in [-0.25, -0.2) is 4.99 Å². The number of guanidine groups is 1. The number of hydrogen-bond donors (Lipinski definition) is 2. The Balaban J connectivity index is 0.00000225. The average Bonchev–Trinajstić information content (AvgIpc) is 2.15. The van der Waals surface area contributed by atoms with Crippen LogP contribution in [-0.4, -0.2) is 18.6 Å². The number of aliphatic imine (C=N–C) groups is 1. The predicted octanol–water partition coefficient (Wildman–Crippen LogP) is 1.65. The van der Waals surface area contributed by atoms with Gasteiger partial charge >= 0.3 is 0 Å². The molecule has 90 valence electrons. The van der Waals surface area contributed by atoms with Gasteiger partial charge in [-0.05, 0) is 31.5 Å². The van der Waals surface area contributed by atoms with Crippen molar-refractivity contribution >= 4 is 29.9 Å². The highest BCUT2D eigenvalue weighted by Gasteiger charge is 2.02. The molecule has 0 heterocycles. The first-order chi connectivity index (χ1) is 7.08. The molecule has 5 heteroatoms. The van der Waals surface area contributed by atoms with Gasteiger partial charge in [-0.15, -0.1) is 24.0 Å². The Morgan fingerprint density at radius 2 is 2.12 bits per heavy atom. The summed E-state index contributed by atoms with van der Waals surface area (Å²) in [5.41, 5.74) is 11.6. The van der Waals surface area contributed by atoms with Crippen LogP contribution in [0.1, 0.15) is 12.5 Å². The molecule has 0 aliphatic heterocycles. The SMILES string of the molecule is Cc1cccc(OC(C)CN=C(N)N)c1.I. The molecular weight excluding hydrogens is 317 g/mol. The highest BCUT2D eigenvalue weighted by Crippen LogP contribution is 2.14. The van der Waals surface area contributed by atoms with E-state index in [4.69, 9.17) is 16.2 Å². The predicted molar refractivity (Wildman–Crippen MR) is 77.4 cm³/mol. The summed E-state index contributed by atoms with van der Waals surface area (Å²) in [5.74, 6) is 0.933. The van der Waals surface area contributed by atoms with Crippen LogP contribution in [0, 0.1) is 6.92 Å². The van der Waals surface area contributed by atoms with Crippen molar-refractivity contribution < 1.29 is 4.74 Å². The van der Waals surface area contributed by atoms with Crippen LogP contribution < -0.4 is 16.2 Å². The topological polar surface area (TPSA) is 73.6 Å². The minimum absolute atomic E-state index is 0. The molecular formula is C11H18IN3O. The minimum Gasteiger partial charge on any atom is -0.489 e. The van der Waals surface area contributed by atoms with E-state index in [2.05, 4.69) is 4.99 Å². The number of rotatable bonds is 4. The number of aryl methyl sites for hydroxylation is 1. The van der Waals surface area contributed by atoms with E-state index in [0.29, 0.717) is 6.54 Å². The van der Waals surface area contributed by atoms with Gasteiger partial charge in [0.25, 0.3) is 0 Å². The van der Waals surface area contributed by atoms with Crippen LogP contribution >= 0.6 is 24.0 Å². The molecule has 0 aromatic heterocycles. The summed E-state index contributed by atoms with van der Waals surface area (Å²) >= 11 is 0. The van der Waals surface area contributed by atoms with E-state index in [-0.39, 0.29) is 36.0 Å². The smallest absolute Gasteiger partial charge is 0.186 e. The van der Waals surface area contributed by atoms with Gasteiger partial charge in [-0.2, -0.15) is 0 Å². The highest BCUT2D eigenvalue weighted by atomic mass is 127. The molecule has 1 aromatic carbocycles. The number of ether oxygens (including phenoxy) is 1. The average molecular weight is 335 g/mol. The third-order valence-corrected chi connectivity index (χ3v) is 1.86. The summed E-state index contributed by atoms with van der Waals surface area (Å²) in [6.45, 7) is 4.42. The Morgan fingerprint density at radius 3 is 2.69 bits per heavy atom. The molecule has 0 radical (unpaired) electrons. The van der Waals surface area contributed by atoms with Crippen molar-refractivity contribution in [3.63, 3.8) is 0 Å². The van der Waals surface area contributed by atoms with E-state index < -0.39 is 0 Å². The van der Waals surface area contributed by atoms with Crippen molar-refractivity contribution in [2.45, 2.75) is 20.0 Å². The first kappa shape index (κ1) is 15.0. The van der Waals surface area contributed by atoms with Crippen molar-refractivity contribution in [3.8, 4) is 5.75 Å². The van der Waals surface area contributed by atoms with Gasteiger partial charge in [0.1, 0.15) is 11.9 Å². The zero-order valence-electron chi connectivity index (χ0n) is 9.51. The summed E-state index contributed by atoms with van der Waals surface area (Å²) in [6, 6.07) is 7.87. The van der Waals surface area contributed by atoms with E-state index in [0.717, 1.165) is 5.75 Å². The van der Waals surface area contributed by atoms with E-state index in [1.807, 2.05) is 38.1 Å². The van der Waals surface area contributed by atoms with Gasteiger partial charge in [0.15, 0.2) is 5.96 Å². The second-order valence-corrected chi connectivity index (χ2v) is 3.51. The van der Waals surface area contributed by atoms with Gasteiger partial charge in [-0.3, -0.25) is 0 Å². The quantitative estimate of drug-likeness (QED) is 0.499. The molecule has 4 N–H and O–H groups in total. The monoisotopic (exact) mass is 335 g/mol. The Bertz CT molecular complexity index is 351. The Kier molecular flexibility index (Phi) is 6.87. The number of nitrogens with zero attached hydrogens (tertiary/aromatic N) is 1. The van der Waals surface area contributed by atoms with Gasteiger partial charge in [0, 0.05) is 0 Å². The second-order valence-electron chi connectivity index (χ2n) is 3.51. The lowest BCUT2D eigenvalue weighted by atomic mass is 10.2. The van der Waals surface area contributed by atoms with Crippen LogP contribution in [0.25, 0.3) is 0 Å². The van der Waals surface area contributed by atoms with Crippen LogP contribution in [0.3, 0.4) is 0 Å². The minimum atomic E-state index is -0.0334. The molecule has 0 aliphatic rings. The normalized spacial score (nSPS) is 11.1. The zero-order chi connectivity index (χ0) is 11.3. The van der Waals surface area contributed by atoms with Gasteiger partial charge in [-0.1, -0.05) is 12.1 Å². The molecule has 0 aliphatic carbocycles. The van der Waals surface area contributed by atoms with Crippen molar-refractivity contribution in [3.05, 3.63) is 29.8 Å². The lowest BCUT2D eigenvalue weighted by molar-refractivity contribution is 0.230. The van der Waals surface area contributed by atoms with Crippen LogP contribution in [0.15, 0.2) is 29.3 Å². The van der Waals surface area contributed by atoms with E-state index in [1.165, 1.54) is 5.56 Å². The first-order valence-corrected chi connectivity index (χ1v) is 4.86. The number of halogens is 1. The van der Waals surface area contributed by atoms with E-state index in [9.17, 15) is 0 Å². The van der Waals surface area contributed by atoms with Crippen molar-refractivity contribution in [1.29, 1.82) is 0 Å². The highest BCUT2D eigenvalue weighted by molar-refractivity contribution is 14.0.